The van der Waals surface area contributed by atoms with Crippen molar-refractivity contribution in [3.05, 3.63) is 12.7 Å². The number of anilines is 1. The topological polar surface area (TPSA) is 412 Å². The van der Waals surface area contributed by atoms with Crippen LogP contribution < -0.4 is 35.9 Å². The smallest absolute Gasteiger partial charge is 0.315 e. The first kappa shape index (κ1) is 48.7. The number of phosphoric ester groups is 3. The van der Waals surface area contributed by atoms with Crippen LogP contribution in [0.5, 0.6) is 0 Å². The maximum atomic E-state index is 12.5. The van der Waals surface area contributed by atoms with E-state index in [-0.39, 0.29) is 54.5 Å². The Morgan fingerprint density at radius 2 is 1.75 bits per heavy atom. The molecule has 0 aromatic carbocycles. The lowest BCUT2D eigenvalue weighted by Crippen LogP contribution is -2.46. The second kappa shape index (κ2) is 20.5. The van der Waals surface area contributed by atoms with E-state index in [1.54, 1.807) is 0 Å². The summed E-state index contributed by atoms with van der Waals surface area (Å²) >= 11 is 6.20. The van der Waals surface area contributed by atoms with E-state index in [1.165, 1.54) is 0 Å². The van der Waals surface area contributed by atoms with Crippen LogP contribution in [-0.4, -0.2) is 120 Å². The van der Waals surface area contributed by atoms with Crippen LogP contribution in [0.1, 0.15) is 32.9 Å². The number of phosphoric acid groups is 3. The summed E-state index contributed by atoms with van der Waals surface area (Å²) in [4.78, 5) is 107. The van der Waals surface area contributed by atoms with Gasteiger partial charge in [0, 0.05) is 36.6 Å². The molecular weight excluding hydrogens is 875 g/mol. The Labute approximate surface area is 331 Å². The minimum atomic E-state index is -5.94. The van der Waals surface area contributed by atoms with Crippen LogP contribution in [0.4, 0.5) is 5.82 Å². The molecule has 7 N–H and O–H groups in total. The van der Waals surface area contributed by atoms with Crippen LogP contribution in [0.25, 0.3) is 11.2 Å². The Balaban J connectivity index is 1.49. The zero-order chi connectivity index (χ0) is 42.9. The third kappa shape index (κ3) is 14.5. The summed E-state index contributed by atoms with van der Waals surface area (Å²) in [6.45, 7) is -0.335. The maximum Gasteiger partial charge on any atom is 0.315 e. The Hall–Kier alpha value is -2.68. The van der Waals surface area contributed by atoms with Crippen LogP contribution in [0.3, 0.4) is 0 Å². The van der Waals surface area contributed by atoms with Crippen molar-refractivity contribution >= 4 is 86.7 Å². The average molecular weight is 912 g/mol. The average Bonchev–Trinajstić information content (AvgIpc) is 3.66. The van der Waals surface area contributed by atoms with Gasteiger partial charge in [-0.2, -0.15) is 0 Å². The van der Waals surface area contributed by atoms with Gasteiger partial charge in [0.1, 0.15) is 42.2 Å². The van der Waals surface area contributed by atoms with Crippen molar-refractivity contribution in [3.8, 4) is 0 Å². The lowest BCUT2D eigenvalue weighted by atomic mass is 9.87. The Morgan fingerprint density at radius 3 is 2.39 bits per heavy atom. The molecule has 1 aliphatic heterocycles. The van der Waals surface area contributed by atoms with Crippen LogP contribution in [0, 0.1) is 11.3 Å². The highest BCUT2D eigenvalue weighted by atomic mass is 35.5. The number of aliphatic hydroxyl groups excluding tert-OH is 2. The Morgan fingerprint density at radius 1 is 1.09 bits per heavy atom. The fourth-order valence-electron chi connectivity index (χ4n) is 4.81. The third-order valence-electron chi connectivity index (χ3n) is 7.70. The van der Waals surface area contributed by atoms with E-state index in [4.69, 9.17) is 27.2 Å². The highest BCUT2D eigenvalue weighted by Crippen LogP contribution is 2.56. The van der Waals surface area contributed by atoms with Gasteiger partial charge in [0.15, 0.2) is 17.7 Å². The number of aliphatic carboxylic acids is 1. The van der Waals surface area contributed by atoms with Gasteiger partial charge < -0.3 is 74.1 Å². The number of nitrogen functional groups attached to an aromatic ring is 1. The number of carbonyl (C=O) groups is 4. The number of hydrogen-bond acceptors (Lipinski definition) is 23. The molecule has 0 aliphatic carbocycles. The van der Waals surface area contributed by atoms with Gasteiger partial charge in [-0.25, -0.2) is 19.3 Å². The van der Waals surface area contributed by atoms with Crippen molar-refractivity contribution in [3.63, 3.8) is 0 Å². The zero-order valence-corrected chi connectivity index (χ0v) is 33.9. The summed E-state index contributed by atoms with van der Waals surface area (Å²) in [5.41, 5.74) is 3.98. The van der Waals surface area contributed by atoms with Crippen molar-refractivity contribution < 1.29 is 90.4 Å². The van der Waals surface area contributed by atoms with E-state index < -0.39 is 102 Å². The number of carboxylic acids is 1. The van der Waals surface area contributed by atoms with E-state index in [0.717, 1.165) is 31.1 Å². The third-order valence-corrected chi connectivity index (χ3v) is 11.9. The predicted octanol–water partition coefficient (Wildman–Crippen LogP) is -3.53. The molecule has 1 fully saturated rings. The van der Waals surface area contributed by atoms with Gasteiger partial charge in [-0.3, -0.25) is 32.9 Å². The summed E-state index contributed by atoms with van der Waals surface area (Å²) in [7, 11) is -17.7. The summed E-state index contributed by atoms with van der Waals surface area (Å²) in [6, 6.07) is 0. The summed E-state index contributed by atoms with van der Waals surface area (Å²) in [5, 5.41) is 34.4. The van der Waals surface area contributed by atoms with Gasteiger partial charge in [-0.05, 0) is 6.42 Å². The molecule has 2 aromatic heterocycles. The van der Waals surface area contributed by atoms with E-state index in [9.17, 15) is 62.7 Å². The number of hydrogen-bond donors (Lipinski definition) is 6. The maximum absolute atomic E-state index is 12.5. The van der Waals surface area contributed by atoms with Crippen LogP contribution >= 0.6 is 46.8 Å². The molecule has 3 rings (SSSR count). The molecule has 31 heteroatoms. The molecule has 26 nitrogen and oxygen atoms in total. The van der Waals surface area contributed by atoms with E-state index in [0.29, 0.717) is 11.8 Å². The lowest BCUT2D eigenvalue weighted by Gasteiger charge is -2.36. The molecule has 1 saturated heterocycles. The number of aliphatic hydroxyl groups is 2. The second-order valence-corrected chi connectivity index (χ2v) is 18.1. The van der Waals surface area contributed by atoms with Gasteiger partial charge >= 0.3 is 5.97 Å². The van der Waals surface area contributed by atoms with Gasteiger partial charge in [0.25, 0.3) is 15.6 Å². The number of fused-ring (bicyclic) bond motifs is 1. The quantitative estimate of drug-likeness (QED) is 0.0272. The van der Waals surface area contributed by atoms with Crippen molar-refractivity contribution in [2.45, 2.75) is 57.3 Å². The number of carboxylic acid groups (broad SMARTS) is 1. The number of rotatable bonds is 23. The van der Waals surface area contributed by atoms with Crippen LogP contribution in [0.2, 0.25) is 0 Å². The fraction of sp³-hybridized carbons (Fsp3) is 0.654. The molecule has 1 aliphatic rings. The number of nitrogens with zero attached hydrogens (tertiary/aromatic N) is 4. The fourth-order valence-corrected chi connectivity index (χ4v) is 8.59. The number of ether oxygens (including phenoxy) is 1. The predicted molar refractivity (Wildman–Crippen MR) is 185 cm³/mol. The number of aromatic nitrogens is 4. The van der Waals surface area contributed by atoms with Crippen LogP contribution in [0.15, 0.2) is 12.7 Å². The first-order valence-electron chi connectivity index (χ1n) is 16.2. The lowest BCUT2D eigenvalue weighted by molar-refractivity contribution is -0.347. The van der Waals surface area contributed by atoms with Gasteiger partial charge in [0.05, 0.1) is 27.4 Å². The van der Waals surface area contributed by atoms with Gasteiger partial charge in [0.2, 0.25) is 16.9 Å². The summed E-state index contributed by atoms with van der Waals surface area (Å²) < 4.78 is 60.3. The van der Waals surface area contributed by atoms with Crippen LogP contribution in [-0.2, 0) is 55.5 Å². The molecule has 57 heavy (non-hydrogen) atoms. The number of thioether (sulfide) groups is 1. The number of nitrogens with one attached hydrogen (secondary N) is 2. The summed E-state index contributed by atoms with van der Waals surface area (Å²) in [6.07, 6.45) is -7.90. The van der Waals surface area contributed by atoms with Crippen molar-refractivity contribution in [1.29, 1.82) is 0 Å². The molecule has 0 saturated carbocycles. The standard InChI is InChI=1S/C26H41ClN7O19P3S/c1-26(2,19(37)22(38)30-6-4-15(35)29-7-8-57-25(41)13(3-5-27)24(39)40)10-50-56(47,48)53-55(45,46)49-9-14-18(52-54(42,43)44)17(36)23(51-14)34-12-33-16-20(28)31-11-32-21(16)34/h11-14,17-19,23,36-37H,3-10H2,1-2H3,(H,29,35)(H,30,38)(H,39,40)(H,45,46)(H,47,48)(H2,28,31,32)(H2,42,43,44)/p-4. The minimum Gasteiger partial charge on any atom is -0.790 e. The van der Waals surface area contributed by atoms with Crippen molar-refractivity contribution in [2.75, 3.05) is 43.7 Å². The molecule has 2 amide bonds. The van der Waals surface area contributed by atoms with E-state index in [1.807, 2.05) is 0 Å². The SMILES string of the molecule is CC(C)(COP(=O)([O-])OP(=O)([O-])OCC1OC(n2cnc3c(N)ncnc32)C(O)C1OP(=O)([O-])[O-])C(O)C(=O)NCCC(=O)NCCSC(=O)C(CCCl)C(=O)O. The number of nitrogens with two attached hydrogens (primary N) is 1. The molecule has 0 spiro atoms. The van der Waals surface area contributed by atoms with E-state index >= 15 is 0 Å². The molecule has 322 valence electrons. The first-order chi connectivity index (χ1) is 26.4. The monoisotopic (exact) mass is 911 g/mol. The first-order valence-corrected chi connectivity index (χ1v) is 22.1. The largest absolute Gasteiger partial charge is 0.790 e. The molecule has 3 heterocycles. The highest BCUT2D eigenvalue weighted by Gasteiger charge is 2.47. The Bertz CT molecular complexity index is 1910. The van der Waals surface area contributed by atoms with Crippen molar-refractivity contribution in [1.82, 2.24) is 30.2 Å². The molecular formula is C26H37ClN7O19P3S-4. The summed E-state index contributed by atoms with van der Waals surface area (Å²) in [5.74, 6) is -4.33. The number of carbonyl (C=O) groups excluding carboxylic acids is 3. The number of amides is 2. The molecule has 0 radical (unpaired) electrons. The number of alkyl halides is 1. The normalized spacial score (nSPS) is 22.0. The molecule has 0 bridgehead atoms. The Kier molecular flexibility index (Phi) is 17.5. The highest BCUT2D eigenvalue weighted by molar-refractivity contribution is 8.13. The van der Waals surface area contributed by atoms with Gasteiger partial charge in [-0.15, -0.1) is 11.6 Å². The molecule has 2 aromatic rings. The van der Waals surface area contributed by atoms with E-state index in [2.05, 4.69) is 43.5 Å². The number of halogens is 1. The van der Waals surface area contributed by atoms with Gasteiger partial charge in [-0.1, -0.05) is 25.6 Å². The zero-order valence-electron chi connectivity index (χ0n) is 29.6. The van der Waals surface area contributed by atoms with Crippen molar-refractivity contribution in [2.24, 2.45) is 11.3 Å². The number of imidazole rings is 1. The molecule has 8 atom stereocenters. The minimum absolute atomic E-state index is 0.0165. The molecule has 8 unspecified atom stereocenters. The second-order valence-electron chi connectivity index (χ2n) is 12.5.